The van der Waals surface area contributed by atoms with Gasteiger partial charge in [0, 0.05) is 31.0 Å². The van der Waals surface area contributed by atoms with E-state index in [1.807, 2.05) is 6.20 Å². The van der Waals surface area contributed by atoms with Gasteiger partial charge in [0.25, 0.3) is 0 Å². The van der Waals surface area contributed by atoms with Crippen LogP contribution < -0.4 is 10.6 Å². The van der Waals surface area contributed by atoms with Gasteiger partial charge in [-0.2, -0.15) is 0 Å². The van der Waals surface area contributed by atoms with E-state index in [2.05, 4.69) is 64.9 Å². The van der Waals surface area contributed by atoms with Gasteiger partial charge in [-0.3, -0.25) is 0 Å². The van der Waals surface area contributed by atoms with Crippen LogP contribution in [0.15, 0.2) is 42.9 Å². The molecule has 0 radical (unpaired) electrons. The maximum absolute atomic E-state index is 5.60. The molecule has 152 valence electrons. The molecule has 4 rings (SSSR count). The molecule has 1 aliphatic heterocycles. The molecule has 0 bridgehead atoms. The maximum atomic E-state index is 5.60. The van der Waals surface area contributed by atoms with Crippen molar-refractivity contribution >= 4 is 11.8 Å². The van der Waals surface area contributed by atoms with E-state index in [-0.39, 0.29) is 11.4 Å². The van der Waals surface area contributed by atoms with Crippen LogP contribution in [0.1, 0.15) is 32.2 Å². The number of nitrogen functional groups attached to an aromatic ring is 1. The second-order valence-corrected chi connectivity index (χ2v) is 7.98. The Morgan fingerprint density at radius 1 is 1.00 bits per heavy atom. The van der Waals surface area contributed by atoms with Gasteiger partial charge in [-0.1, -0.05) is 38.1 Å². The summed E-state index contributed by atoms with van der Waals surface area (Å²) in [7, 11) is 0. The Bertz CT molecular complexity index is 944. The zero-order valence-electron chi connectivity index (χ0n) is 17.2. The highest BCUT2D eigenvalue weighted by Gasteiger charge is 2.36. The SMILES string of the molecule is CC(C)C(C)(c1ccc(-c2cnc(N)nc2)cc1)c1ncc(N2CCOCC2)[nH]1. The van der Waals surface area contributed by atoms with Crippen molar-refractivity contribution in [3.05, 3.63) is 54.2 Å². The molecular weight excluding hydrogens is 364 g/mol. The first-order chi connectivity index (χ1) is 14.0. The number of hydrogen-bond donors (Lipinski definition) is 2. The van der Waals surface area contributed by atoms with Crippen molar-refractivity contribution in [3.63, 3.8) is 0 Å². The Balaban J connectivity index is 1.64. The average molecular weight is 393 g/mol. The number of aromatic nitrogens is 4. The van der Waals surface area contributed by atoms with Crippen molar-refractivity contribution in [2.75, 3.05) is 36.9 Å². The number of nitrogens with two attached hydrogens (primary N) is 1. The molecule has 29 heavy (non-hydrogen) atoms. The number of rotatable bonds is 5. The number of ether oxygens (including phenoxy) is 1. The Morgan fingerprint density at radius 3 is 2.28 bits per heavy atom. The van der Waals surface area contributed by atoms with E-state index in [1.165, 1.54) is 5.56 Å². The summed E-state index contributed by atoms with van der Waals surface area (Å²) in [4.78, 5) is 18.8. The summed E-state index contributed by atoms with van der Waals surface area (Å²) in [6, 6.07) is 8.55. The van der Waals surface area contributed by atoms with Crippen LogP contribution in [0.4, 0.5) is 11.8 Å². The van der Waals surface area contributed by atoms with Gasteiger partial charge in [0.1, 0.15) is 11.6 Å². The van der Waals surface area contributed by atoms with E-state index in [1.54, 1.807) is 12.4 Å². The predicted molar refractivity (Wildman–Crippen MR) is 115 cm³/mol. The first-order valence-corrected chi connectivity index (χ1v) is 10.0. The maximum Gasteiger partial charge on any atom is 0.219 e. The Labute approximate surface area is 171 Å². The number of morpholine rings is 1. The highest BCUT2D eigenvalue weighted by atomic mass is 16.5. The largest absolute Gasteiger partial charge is 0.378 e. The Morgan fingerprint density at radius 2 is 1.66 bits per heavy atom. The number of imidazole rings is 1. The lowest BCUT2D eigenvalue weighted by Gasteiger charge is -2.33. The number of anilines is 2. The lowest BCUT2D eigenvalue weighted by atomic mass is 9.72. The zero-order chi connectivity index (χ0) is 20.4. The number of benzene rings is 1. The summed E-state index contributed by atoms with van der Waals surface area (Å²) < 4.78 is 5.47. The molecule has 7 nitrogen and oxygen atoms in total. The van der Waals surface area contributed by atoms with Gasteiger partial charge in [0.2, 0.25) is 5.95 Å². The van der Waals surface area contributed by atoms with Gasteiger partial charge in [-0.15, -0.1) is 0 Å². The first kappa shape index (κ1) is 19.4. The third-order valence-electron chi connectivity index (χ3n) is 6.05. The standard InChI is InChI=1S/C22H28N6O/c1-15(2)22(3,20-24-14-19(27-20)28-8-10-29-11-9-28)18-6-4-16(5-7-18)17-12-25-21(23)26-13-17/h4-7,12-15H,8-11H2,1-3H3,(H,24,27)(H2,23,25,26). The highest BCUT2D eigenvalue weighted by Crippen LogP contribution is 2.38. The van der Waals surface area contributed by atoms with Crippen LogP contribution in [-0.4, -0.2) is 46.2 Å². The van der Waals surface area contributed by atoms with E-state index in [0.29, 0.717) is 5.92 Å². The molecule has 2 aromatic heterocycles. The summed E-state index contributed by atoms with van der Waals surface area (Å²) >= 11 is 0. The van der Waals surface area contributed by atoms with Crippen molar-refractivity contribution in [1.82, 2.24) is 19.9 Å². The molecule has 3 N–H and O–H groups in total. The minimum absolute atomic E-state index is 0.235. The molecule has 1 aliphatic rings. The third kappa shape index (κ3) is 3.70. The summed E-state index contributed by atoms with van der Waals surface area (Å²) in [5.41, 5.74) is 8.59. The monoisotopic (exact) mass is 392 g/mol. The zero-order valence-corrected chi connectivity index (χ0v) is 17.2. The quantitative estimate of drug-likeness (QED) is 0.692. The second kappa shape index (κ2) is 7.83. The molecule has 3 aromatic rings. The number of aromatic amines is 1. The first-order valence-electron chi connectivity index (χ1n) is 10.0. The Hall–Kier alpha value is -2.93. The summed E-state index contributed by atoms with van der Waals surface area (Å²) in [5, 5.41) is 0. The van der Waals surface area contributed by atoms with Gasteiger partial charge in [-0.25, -0.2) is 15.0 Å². The fourth-order valence-corrected chi connectivity index (χ4v) is 3.78. The summed E-state index contributed by atoms with van der Waals surface area (Å²) in [6.45, 7) is 10.0. The normalized spacial score (nSPS) is 16.8. The smallest absolute Gasteiger partial charge is 0.219 e. The number of nitrogens with one attached hydrogen (secondary N) is 1. The average Bonchev–Trinajstić information content (AvgIpc) is 3.25. The number of H-pyrrole nitrogens is 1. The van der Waals surface area contributed by atoms with Crippen LogP contribution in [0, 0.1) is 5.92 Å². The second-order valence-electron chi connectivity index (χ2n) is 7.98. The lowest BCUT2D eigenvalue weighted by molar-refractivity contribution is 0.122. The third-order valence-corrected chi connectivity index (χ3v) is 6.05. The molecule has 1 atom stereocenters. The van der Waals surface area contributed by atoms with Crippen molar-refractivity contribution in [1.29, 1.82) is 0 Å². The van der Waals surface area contributed by atoms with E-state index in [4.69, 9.17) is 15.5 Å². The molecule has 7 heteroatoms. The van der Waals surface area contributed by atoms with E-state index in [9.17, 15) is 0 Å². The van der Waals surface area contributed by atoms with Crippen molar-refractivity contribution < 1.29 is 4.74 Å². The molecule has 0 amide bonds. The summed E-state index contributed by atoms with van der Waals surface area (Å²) in [6.07, 6.45) is 5.45. The van der Waals surface area contributed by atoms with Crippen LogP contribution in [0.5, 0.6) is 0 Å². The topological polar surface area (TPSA) is 92.9 Å². The molecule has 3 heterocycles. The van der Waals surface area contributed by atoms with Crippen molar-refractivity contribution in [3.8, 4) is 11.1 Å². The number of hydrogen-bond acceptors (Lipinski definition) is 6. The lowest BCUT2D eigenvalue weighted by Crippen LogP contribution is -2.36. The van der Waals surface area contributed by atoms with Gasteiger partial charge in [0.05, 0.1) is 24.8 Å². The van der Waals surface area contributed by atoms with Crippen LogP contribution in [0.25, 0.3) is 11.1 Å². The number of nitrogens with zero attached hydrogens (tertiary/aromatic N) is 4. The predicted octanol–water partition coefficient (Wildman–Crippen LogP) is 3.25. The molecule has 1 aromatic carbocycles. The fourth-order valence-electron chi connectivity index (χ4n) is 3.78. The molecule has 1 fully saturated rings. The van der Waals surface area contributed by atoms with Gasteiger partial charge < -0.3 is 20.4 Å². The van der Waals surface area contributed by atoms with Gasteiger partial charge in [0.15, 0.2) is 0 Å². The van der Waals surface area contributed by atoms with Crippen LogP contribution >= 0.6 is 0 Å². The van der Waals surface area contributed by atoms with Gasteiger partial charge >= 0.3 is 0 Å². The van der Waals surface area contributed by atoms with Crippen LogP contribution in [0.2, 0.25) is 0 Å². The minimum Gasteiger partial charge on any atom is -0.378 e. The van der Waals surface area contributed by atoms with Crippen molar-refractivity contribution in [2.24, 2.45) is 5.92 Å². The highest BCUT2D eigenvalue weighted by molar-refractivity contribution is 5.62. The van der Waals surface area contributed by atoms with E-state index in [0.717, 1.165) is 49.1 Å². The fraction of sp³-hybridized carbons (Fsp3) is 0.409. The molecule has 0 aliphatic carbocycles. The molecule has 1 unspecified atom stereocenters. The van der Waals surface area contributed by atoms with E-state index >= 15 is 0 Å². The van der Waals surface area contributed by atoms with Gasteiger partial charge in [-0.05, 0) is 24.0 Å². The Kier molecular flexibility index (Phi) is 5.24. The molecular formula is C22H28N6O. The van der Waals surface area contributed by atoms with Crippen LogP contribution in [-0.2, 0) is 10.2 Å². The molecule has 1 saturated heterocycles. The van der Waals surface area contributed by atoms with Crippen LogP contribution in [0.3, 0.4) is 0 Å². The molecule has 0 saturated carbocycles. The summed E-state index contributed by atoms with van der Waals surface area (Å²) in [5.74, 6) is 2.69. The molecule has 0 spiro atoms. The van der Waals surface area contributed by atoms with Crippen molar-refractivity contribution in [2.45, 2.75) is 26.2 Å². The minimum atomic E-state index is -0.235. The van der Waals surface area contributed by atoms with E-state index < -0.39 is 0 Å².